The van der Waals surface area contributed by atoms with Gasteiger partial charge in [0, 0.05) is 17.8 Å². The fraction of sp³-hybridized carbons (Fsp3) is 0.417. The summed E-state index contributed by atoms with van der Waals surface area (Å²) in [6.45, 7) is 2.36. The number of carbonyl (C=O) groups is 1. The van der Waals surface area contributed by atoms with Crippen molar-refractivity contribution in [3.05, 3.63) is 24.3 Å². The second-order valence-corrected chi connectivity index (χ2v) is 6.29. The molecule has 1 rings (SSSR count). The molecule has 0 bridgehead atoms. The summed E-state index contributed by atoms with van der Waals surface area (Å²) in [6, 6.07) is 6.45. The minimum atomic E-state index is -3.28. The fourth-order valence-electron chi connectivity index (χ4n) is 1.45. The first kappa shape index (κ1) is 15.5. The van der Waals surface area contributed by atoms with Crippen LogP contribution in [0.5, 0.6) is 0 Å². The molecule has 4 N–H and O–H groups in total. The molecule has 0 fully saturated rings. The number of anilines is 2. The standard InChI is InChI=1S/C12H19N3O3S/c1-9(8-13)7-12(16)14-10-3-5-11(6-4-10)15-19(2,17)18/h3-6,9,15H,7-8,13H2,1-2H3,(H,14,16). The molecule has 0 heterocycles. The van der Waals surface area contributed by atoms with Gasteiger partial charge in [-0.3, -0.25) is 9.52 Å². The fourth-order valence-corrected chi connectivity index (χ4v) is 2.01. The molecule has 1 aromatic carbocycles. The predicted octanol–water partition coefficient (Wildman–Crippen LogP) is 0.981. The smallest absolute Gasteiger partial charge is 0.229 e. The Morgan fingerprint density at radius 2 is 1.79 bits per heavy atom. The van der Waals surface area contributed by atoms with Crippen molar-refractivity contribution in [1.82, 2.24) is 0 Å². The number of carbonyl (C=O) groups excluding carboxylic acids is 1. The van der Waals surface area contributed by atoms with Crippen molar-refractivity contribution in [2.45, 2.75) is 13.3 Å². The van der Waals surface area contributed by atoms with E-state index in [4.69, 9.17) is 5.73 Å². The molecule has 0 saturated carbocycles. The molecule has 19 heavy (non-hydrogen) atoms. The lowest BCUT2D eigenvalue weighted by Gasteiger charge is -2.10. The van der Waals surface area contributed by atoms with E-state index in [2.05, 4.69) is 10.0 Å². The third-order valence-corrected chi connectivity index (χ3v) is 3.01. The highest BCUT2D eigenvalue weighted by Crippen LogP contribution is 2.15. The summed E-state index contributed by atoms with van der Waals surface area (Å²) in [6.07, 6.45) is 1.44. The molecule has 1 atom stereocenters. The number of hydrogen-bond acceptors (Lipinski definition) is 4. The summed E-state index contributed by atoms with van der Waals surface area (Å²) < 4.78 is 24.4. The second kappa shape index (κ2) is 6.53. The maximum atomic E-state index is 11.6. The maximum Gasteiger partial charge on any atom is 0.229 e. The van der Waals surface area contributed by atoms with E-state index in [0.717, 1.165) is 6.26 Å². The molecule has 1 amide bonds. The van der Waals surface area contributed by atoms with Gasteiger partial charge in [0.2, 0.25) is 15.9 Å². The van der Waals surface area contributed by atoms with Gasteiger partial charge in [0.15, 0.2) is 0 Å². The van der Waals surface area contributed by atoms with Crippen molar-refractivity contribution < 1.29 is 13.2 Å². The Kier molecular flexibility index (Phi) is 5.31. The summed E-state index contributed by atoms with van der Waals surface area (Å²) in [5, 5.41) is 2.73. The number of amides is 1. The maximum absolute atomic E-state index is 11.6. The van der Waals surface area contributed by atoms with Crippen LogP contribution in [0.3, 0.4) is 0 Å². The molecule has 0 spiro atoms. The minimum Gasteiger partial charge on any atom is -0.330 e. The SMILES string of the molecule is CC(CN)CC(=O)Nc1ccc(NS(C)(=O)=O)cc1. The quantitative estimate of drug-likeness (QED) is 0.725. The highest BCUT2D eigenvalue weighted by Gasteiger charge is 2.08. The summed E-state index contributed by atoms with van der Waals surface area (Å²) in [7, 11) is -3.28. The molecule has 0 aliphatic heterocycles. The van der Waals surface area contributed by atoms with Crippen molar-refractivity contribution in [3.63, 3.8) is 0 Å². The van der Waals surface area contributed by atoms with Gasteiger partial charge in [-0.1, -0.05) is 6.92 Å². The van der Waals surface area contributed by atoms with E-state index in [0.29, 0.717) is 24.3 Å². The van der Waals surface area contributed by atoms with Crippen LogP contribution in [0.25, 0.3) is 0 Å². The number of sulfonamides is 1. The molecule has 6 nitrogen and oxygen atoms in total. The largest absolute Gasteiger partial charge is 0.330 e. The topological polar surface area (TPSA) is 101 Å². The zero-order valence-corrected chi connectivity index (χ0v) is 11.8. The van der Waals surface area contributed by atoms with Crippen LogP contribution in [0.4, 0.5) is 11.4 Å². The van der Waals surface area contributed by atoms with Crippen LogP contribution in [-0.4, -0.2) is 27.1 Å². The van der Waals surface area contributed by atoms with Gasteiger partial charge >= 0.3 is 0 Å². The first-order chi connectivity index (χ1) is 8.80. The average Bonchev–Trinajstić information content (AvgIpc) is 2.29. The summed E-state index contributed by atoms with van der Waals surface area (Å²) in [5.41, 5.74) is 6.52. The lowest BCUT2D eigenvalue weighted by Crippen LogP contribution is -2.20. The van der Waals surface area contributed by atoms with Crippen molar-refractivity contribution in [3.8, 4) is 0 Å². The van der Waals surface area contributed by atoms with E-state index in [1.807, 2.05) is 6.92 Å². The van der Waals surface area contributed by atoms with Gasteiger partial charge in [-0.05, 0) is 36.7 Å². The lowest BCUT2D eigenvalue weighted by molar-refractivity contribution is -0.116. The van der Waals surface area contributed by atoms with Crippen LogP contribution in [0, 0.1) is 5.92 Å². The highest BCUT2D eigenvalue weighted by molar-refractivity contribution is 7.92. The Morgan fingerprint density at radius 1 is 1.26 bits per heavy atom. The van der Waals surface area contributed by atoms with E-state index in [9.17, 15) is 13.2 Å². The van der Waals surface area contributed by atoms with Crippen molar-refractivity contribution in [2.24, 2.45) is 11.7 Å². The van der Waals surface area contributed by atoms with Crippen molar-refractivity contribution in [1.29, 1.82) is 0 Å². The Balaban J connectivity index is 2.60. The Hall–Kier alpha value is -1.60. The van der Waals surface area contributed by atoms with E-state index < -0.39 is 10.0 Å². The van der Waals surface area contributed by atoms with Gasteiger partial charge in [-0.25, -0.2) is 8.42 Å². The van der Waals surface area contributed by atoms with Crippen LogP contribution in [0.15, 0.2) is 24.3 Å². The van der Waals surface area contributed by atoms with Gasteiger partial charge in [-0.2, -0.15) is 0 Å². The minimum absolute atomic E-state index is 0.109. The Morgan fingerprint density at radius 3 is 2.26 bits per heavy atom. The van der Waals surface area contributed by atoms with Crippen molar-refractivity contribution >= 4 is 27.3 Å². The van der Waals surface area contributed by atoms with Gasteiger partial charge in [-0.15, -0.1) is 0 Å². The number of rotatable bonds is 6. The molecular weight excluding hydrogens is 266 g/mol. The number of hydrogen-bond donors (Lipinski definition) is 3. The molecule has 106 valence electrons. The number of nitrogens with one attached hydrogen (secondary N) is 2. The van der Waals surface area contributed by atoms with Crippen LogP contribution in [0.2, 0.25) is 0 Å². The van der Waals surface area contributed by atoms with Crippen LogP contribution >= 0.6 is 0 Å². The van der Waals surface area contributed by atoms with Crippen LogP contribution in [-0.2, 0) is 14.8 Å². The molecule has 0 aliphatic carbocycles. The Labute approximate surface area is 113 Å². The van der Waals surface area contributed by atoms with E-state index in [1.54, 1.807) is 24.3 Å². The van der Waals surface area contributed by atoms with E-state index in [-0.39, 0.29) is 11.8 Å². The molecule has 1 aromatic rings. The van der Waals surface area contributed by atoms with Gasteiger partial charge in [0.05, 0.1) is 6.26 Å². The molecule has 0 radical (unpaired) electrons. The van der Waals surface area contributed by atoms with Crippen molar-refractivity contribution in [2.75, 3.05) is 22.8 Å². The summed E-state index contributed by atoms with van der Waals surface area (Å²) in [5.74, 6) is 0.0212. The molecule has 7 heteroatoms. The Bertz CT molecular complexity index is 526. The number of nitrogens with two attached hydrogens (primary N) is 1. The van der Waals surface area contributed by atoms with E-state index in [1.165, 1.54) is 0 Å². The van der Waals surface area contributed by atoms with Crippen LogP contribution in [0.1, 0.15) is 13.3 Å². The van der Waals surface area contributed by atoms with Gasteiger partial charge in [0.25, 0.3) is 0 Å². The zero-order valence-electron chi connectivity index (χ0n) is 11.0. The summed E-state index contributed by atoms with van der Waals surface area (Å²) >= 11 is 0. The average molecular weight is 285 g/mol. The van der Waals surface area contributed by atoms with Gasteiger partial charge in [0.1, 0.15) is 0 Å². The first-order valence-corrected chi connectivity index (χ1v) is 7.77. The normalized spacial score (nSPS) is 12.8. The first-order valence-electron chi connectivity index (χ1n) is 5.88. The second-order valence-electron chi connectivity index (χ2n) is 4.54. The molecule has 1 unspecified atom stereocenters. The zero-order chi connectivity index (χ0) is 14.5. The third kappa shape index (κ3) is 6.21. The highest BCUT2D eigenvalue weighted by atomic mass is 32.2. The number of benzene rings is 1. The molecule has 0 aliphatic rings. The lowest BCUT2D eigenvalue weighted by atomic mass is 10.1. The predicted molar refractivity (Wildman–Crippen MR) is 76.4 cm³/mol. The monoisotopic (exact) mass is 285 g/mol. The van der Waals surface area contributed by atoms with Gasteiger partial charge < -0.3 is 11.1 Å². The molecular formula is C12H19N3O3S. The summed E-state index contributed by atoms with van der Waals surface area (Å²) in [4.78, 5) is 11.6. The van der Waals surface area contributed by atoms with E-state index >= 15 is 0 Å². The molecule has 0 aromatic heterocycles. The third-order valence-electron chi connectivity index (χ3n) is 2.41. The van der Waals surface area contributed by atoms with Crippen LogP contribution < -0.4 is 15.8 Å². The molecule has 0 saturated heterocycles.